The van der Waals surface area contributed by atoms with Gasteiger partial charge in [0.1, 0.15) is 0 Å². The van der Waals surface area contributed by atoms with Gasteiger partial charge in [-0.1, -0.05) is 109 Å². The van der Waals surface area contributed by atoms with Crippen molar-refractivity contribution in [2.75, 3.05) is 13.7 Å². The Labute approximate surface area is 168 Å². The molecule has 4 heteroatoms. The van der Waals surface area contributed by atoms with Crippen LogP contribution < -0.4 is 0 Å². The van der Waals surface area contributed by atoms with Gasteiger partial charge in [0.2, 0.25) is 0 Å². The first-order valence-corrected chi connectivity index (χ1v) is 11.6. The van der Waals surface area contributed by atoms with Gasteiger partial charge < -0.3 is 14.9 Å². The molecule has 1 atom stereocenters. The lowest BCUT2D eigenvalue weighted by Crippen LogP contribution is -2.21. The van der Waals surface area contributed by atoms with Crippen LogP contribution in [-0.4, -0.2) is 36.0 Å². The number of ether oxygens (including phenoxy) is 1. The monoisotopic (exact) mass is 386 g/mol. The third kappa shape index (κ3) is 19.9. The lowest BCUT2D eigenvalue weighted by atomic mass is 10.0. The average Bonchev–Trinajstić information content (AvgIpc) is 2.68. The minimum Gasteiger partial charge on any atom is -0.467 e. The SMILES string of the molecule is COC(=O)C(O)CCCCCCCCCCCCCCCCCCCCO. The van der Waals surface area contributed by atoms with E-state index in [0.717, 1.165) is 19.3 Å². The standard InChI is InChI=1S/C23H46O4/c1-27-23(26)22(25)20-18-16-14-12-10-8-6-4-2-3-5-7-9-11-13-15-17-19-21-24/h22,24-25H,2-21H2,1H3. The quantitative estimate of drug-likeness (QED) is 0.190. The molecular formula is C23H46O4. The summed E-state index contributed by atoms with van der Waals surface area (Å²) in [6.07, 6.45) is 22.6. The number of hydrogen-bond acceptors (Lipinski definition) is 4. The number of carbonyl (C=O) groups excluding carboxylic acids is 1. The molecule has 0 aromatic carbocycles. The molecule has 1 unspecified atom stereocenters. The van der Waals surface area contributed by atoms with E-state index < -0.39 is 12.1 Å². The molecule has 0 fully saturated rings. The fourth-order valence-electron chi connectivity index (χ4n) is 3.53. The summed E-state index contributed by atoms with van der Waals surface area (Å²) in [4.78, 5) is 11.1. The van der Waals surface area contributed by atoms with Crippen molar-refractivity contribution in [3.63, 3.8) is 0 Å². The van der Waals surface area contributed by atoms with E-state index in [1.54, 1.807) is 0 Å². The topological polar surface area (TPSA) is 66.8 Å². The maximum atomic E-state index is 11.1. The zero-order valence-corrected chi connectivity index (χ0v) is 17.9. The number of esters is 1. The molecule has 0 amide bonds. The van der Waals surface area contributed by atoms with Gasteiger partial charge in [0.25, 0.3) is 0 Å². The van der Waals surface area contributed by atoms with Crippen LogP contribution in [0.1, 0.15) is 122 Å². The molecule has 0 aliphatic heterocycles. The lowest BCUT2D eigenvalue weighted by molar-refractivity contribution is -0.150. The number of rotatable bonds is 21. The molecule has 0 heterocycles. The second-order valence-electron chi connectivity index (χ2n) is 7.92. The Kier molecular flexibility index (Phi) is 21.2. The summed E-state index contributed by atoms with van der Waals surface area (Å²) in [6.45, 7) is 0.351. The summed E-state index contributed by atoms with van der Waals surface area (Å²) in [5.74, 6) is -0.510. The number of aliphatic hydroxyl groups excluding tert-OH is 2. The summed E-state index contributed by atoms with van der Waals surface area (Å²) in [7, 11) is 1.32. The molecule has 0 aromatic rings. The first kappa shape index (κ1) is 26.4. The fraction of sp³-hybridized carbons (Fsp3) is 0.957. The molecule has 4 nitrogen and oxygen atoms in total. The Morgan fingerprint density at radius 1 is 0.630 bits per heavy atom. The lowest BCUT2D eigenvalue weighted by Gasteiger charge is -2.07. The first-order chi connectivity index (χ1) is 13.2. The predicted molar refractivity (Wildman–Crippen MR) is 113 cm³/mol. The van der Waals surface area contributed by atoms with Crippen molar-refractivity contribution >= 4 is 5.97 Å². The van der Waals surface area contributed by atoms with E-state index in [9.17, 15) is 9.90 Å². The molecular weight excluding hydrogens is 340 g/mol. The van der Waals surface area contributed by atoms with Crippen LogP contribution >= 0.6 is 0 Å². The molecule has 0 aromatic heterocycles. The first-order valence-electron chi connectivity index (χ1n) is 11.6. The minimum atomic E-state index is -0.938. The number of aliphatic hydroxyl groups is 2. The summed E-state index contributed by atoms with van der Waals surface area (Å²) in [6, 6.07) is 0. The van der Waals surface area contributed by atoms with Crippen molar-refractivity contribution in [1.82, 2.24) is 0 Å². The summed E-state index contributed by atoms with van der Waals surface area (Å²) < 4.78 is 4.51. The third-order valence-corrected chi connectivity index (χ3v) is 5.36. The van der Waals surface area contributed by atoms with E-state index in [0.29, 0.717) is 13.0 Å². The molecule has 0 rings (SSSR count). The van der Waals surface area contributed by atoms with Crippen molar-refractivity contribution in [1.29, 1.82) is 0 Å². The Bertz CT molecular complexity index is 307. The Morgan fingerprint density at radius 2 is 0.926 bits per heavy atom. The molecule has 0 bridgehead atoms. The van der Waals surface area contributed by atoms with Gasteiger partial charge in [-0.3, -0.25) is 0 Å². The third-order valence-electron chi connectivity index (χ3n) is 5.36. The van der Waals surface area contributed by atoms with Gasteiger partial charge in [0, 0.05) is 6.61 Å². The van der Waals surface area contributed by atoms with E-state index in [1.807, 2.05) is 0 Å². The zero-order chi connectivity index (χ0) is 20.0. The van der Waals surface area contributed by atoms with Crippen LogP contribution in [0.3, 0.4) is 0 Å². The van der Waals surface area contributed by atoms with E-state index >= 15 is 0 Å². The maximum absolute atomic E-state index is 11.1. The van der Waals surface area contributed by atoms with E-state index in [-0.39, 0.29) is 0 Å². The van der Waals surface area contributed by atoms with Gasteiger partial charge in [-0.25, -0.2) is 4.79 Å². The highest BCUT2D eigenvalue weighted by Gasteiger charge is 2.13. The molecule has 0 saturated carbocycles. The van der Waals surface area contributed by atoms with E-state index in [1.165, 1.54) is 103 Å². The highest BCUT2D eigenvalue weighted by atomic mass is 16.5. The zero-order valence-electron chi connectivity index (χ0n) is 17.9. The van der Waals surface area contributed by atoms with Gasteiger partial charge in [-0.05, 0) is 12.8 Å². The molecule has 0 saturated heterocycles. The van der Waals surface area contributed by atoms with Crippen molar-refractivity contribution in [3.05, 3.63) is 0 Å². The van der Waals surface area contributed by atoms with Crippen LogP contribution in [0.2, 0.25) is 0 Å². The fourth-order valence-corrected chi connectivity index (χ4v) is 3.53. The van der Waals surface area contributed by atoms with E-state index in [4.69, 9.17) is 5.11 Å². The second kappa shape index (κ2) is 21.7. The van der Waals surface area contributed by atoms with Crippen LogP contribution in [-0.2, 0) is 9.53 Å². The normalized spacial score (nSPS) is 12.3. The highest BCUT2D eigenvalue weighted by molar-refractivity contribution is 5.74. The van der Waals surface area contributed by atoms with Crippen molar-refractivity contribution in [3.8, 4) is 0 Å². The highest BCUT2D eigenvalue weighted by Crippen LogP contribution is 2.14. The van der Waals surface area contributed by atoms with Gasteiger partial charge >= 0.3 is 5.97 Å². The van der Waals surface area contributed by atoms with Gasteiger partial charge in [0.15, 0.2) is 6.10 Å². The van der Waals surface area contributed by atoms with Gasteiger partial charge in [-0.2, -0.15) is 0 Å². The number of carbonyl (C=O) groups is 1. The smallest absolute Gasteiger partial charge is 0.334 e. The van der Waals surface area contributed by atoms with Crippen molar-refractivity contribution in [2.45, 2.75) is 128 Å². The summed E-state index contributed by atoms with van der Waals surface area (Å²) in [5, 5.41) is 18.2. The molecule has 0 aliphatic carbocycles. The Hall–Kier alpha value is -0.610. The number of unbranched alkanes of at least 4 members (excludes halogenated alkanes) is 17. The number of methoxy groups -OCH3 is 1. The van der Waals surface area contributed by atoms with Crippen molar-refractivity contribution in [2.24, 2.45) is 0 Å². The van der Waals surface area contributed by atoms with Crippen LogP contribution in [0, 0.1) is 0 Å². The molecule has 162 valence electrons. The van der Waals surface area contributed by atoms with Gasteiger partial charge in [0.05, 0.1) is 7.11 Å². The largest absolute Gasteiger partial charge is 0.467 e. The Morgan fingerprint density at radius 3 is 1.22 bits per heavy atom. The molecule has 0 spiro atoms. The average molecular weight is 387 g/mol. The summed E-state index contributed by atoms with van der Waals surface area (Å²) in [5.41, 5.74) is 0. The second-order valence-corrected chi connectivity index (χ2v) is 7.92. The van der Waals surface area contributed by atoms with Crippen LogP contribution in [0.25, 0.3) is 0 Å². The van der Waals surface area contributed by atoms with Gasteiger partial charge in [-0.15, -0.1) is 0 Å². The van der Waals surface area contributed by atoms with Crippen LogP contribution in [0.5, 0.6) is 0 Å². The molecule has 0 aliphatic rings. The minimum absolute atomic E-state index is 0.351. The molecule has 0 radical (unpaired) electrons. The molecule has 27 heavy (non-hydrogen) atoms. The predicted octanol–water partition coefficient (Wildman–Crippen LogP) is 5.92. The van der Waals surface area contributed by atoms with Crippen molar-refractivity contribution < 1.29 is 19.7 Å². The maximum Gasteiger partial charge on any atom is 0.334 e. The summed E-state index contributed by atoms with van der Waals surface area (Å²) >= 11 is 0. The number of hydrogen-bond donors (Lipinski definition) is 2. The Balaban J connectivity index is 3.08. The molecule has 2 N–H and O–H groups in total. The van der Waals surface area contributed by atoms with Crippen LogP contribution in [0.15, 0.2) is 0 Å². The van der Waals surface area contributed by atoms with Crippen LogP contribution in [0.4, 0.5) is 0 Å². The van der Waals surface area contributed by atoms with E-state index in [2.05, 4.69) is 4.74 Å².